The molecule has 0 aromatic heterocycles. The standard InChI is InChI=1S/C12H19F3O2Si2.C8H28O12Si9.C3H10OSi/c1-16-19(4,5)17-18(2,3)11-8-6-10(7-9-11)12(13,14)15;1-22-10-24(3)14-26(5)12-23(2,9-21)13-27(6)15-25(4,11-22)17-28(7,16-24)20-29(8,18-26)19-27;1-4-5(2)3/h6-9H,1-5H3;22H,1-8,21H3;5H,1-3H3. The lowest BCUT2D eigenvalue weighted by atomic mass is 10.2. The van der Waals surface area contributed by atoms with Crippen LogP contribution in [0.5, 0.6) is 0 Å². The minimum Gasteiger partial charge on any atom is -0.432 e. The molecule has 1 aromatic rings. The maximum Gasteiger partial charge on any atom is 0.475 e. The third-order valence-corrected chi connectivity index (χ3v) is 51.2. The van der Waals surface area contributed by atoms with Crippen molar-refractivity contribution in [1.82, 2.24) is 0 Å². The highest BCUT2D eigenvalue weighted by atomic mass is 28.6. The summed E-state index contributed by atoms with van der Waals surface area (Å²) in [6, 6.07) is 5.23. The van der Waals surface area contributed by atoms with Gasteiger partial charge in [0.2, 0.25) is 8.32 Å². The Hall–Kier alpha value is 1.01. The summed E-state index contributed by atoms with van der Waals surface area (Å²) in [5.74, 6) is 0. The van der Waals surface area contributed by atoms with E-state index in [2.05, 4.69) is 13.1 Å². The van der Waals surface area contributed by atoms with Gasteiger partial charge in [-0.3, -0.25) is 0 Å². The second-order valence-corrected chi connectivity index (χ2v) is 48.8. The lowest BCUT2D eigenvalue weighted by Crippen LogP contribution is -2.81. The summed E-state index contributed by atoms with van der Waals surface area (Å²) in [6.07, 6.45) is -4.30. The first-order chi connectivity index (χ1) is 23.8. The Morgan fingerprint density at radius 2 is 1.00 bits per heavy atom. The van der Waals surface area contributed by atoms with E-state index in [0.29, 0.717) is 10.5 Å². The fourth-order valence-corrected chi connectivity index (χ4v) is 55.1. The molecule has 4 heterocycles. The number of benzene rings is 1. The van der Waals surface area contributed by atoms with Gasteiger partial charge in [0.1, 0.15) is 10.5 Å². The summed E-state index contributed by atoms with van der Waals surface area (Å²) in [7, 11) is -27.1. The van der Waals surface area contributed by atoms with Crippen molar-refractivity contribution in [3.8, 4) is 0 Å². The highest BCUT2D eigenvalue weighted by molar-refractivity contribution is 6.99. The average Bonchev–Trinajstić information content (AvgIpc) is 2.92. The lowest BCUT2D eigenvalue weighted by Gasteiger charge is -2.56. The molecule has 4 fully saturated rings. The summed E-state index contributed by atoms with van der Waals surface area (Å²) in [6.45, 7) is 26.3. The Bertz CT molecular complexity index is 1360. The minimum atomic E-state index is -4.30. The minimum absolute atomic E-state index is 0.389. The van der Waals surface area contributed by atoms with Gasteiger partial charge in [-0.1, -0.05) is 24.3 Å². The predicted molar refractivity (Wildman–Crippen MR) is 217 cm³/mol. The van der Waals surface area contributed by atoms with Gasteiger partial charge in [-0.15, -0.1) is 0 Å². The molecule has 53 heavy (non-hydrogen) atoms. The van der Waals surface area contributed by atoms with Crippen LogP contribution >= 0.6 is 0 Å². The molecule has 1 aromatic carbocycles. The predicted octanol–water partition coefficient (Wildman–Crippen LogP) is 3.45. The third kappa shape index (κ3) is 13.5. The number of hydrogen-bond donors (Lipinski definition) is 0. The van der Waals surface area contributed by atoms with Crippen molar-refractivity contribution >= 4 is 113 Å². The van der Waals surface area contributed by atoms with Gasteiger partial charge in [0.15, 0.2) is 9.04 Å². The zero-order valence-corrected chi connectivity index (χ0v) is 47.0. The highest BCUT2D eigenvalue weighted by Gasteiger charge is 2.73. The normalized spacial score (nSPS) is 39.0. The zero-order chi connectivity index (χ0) is 40.7. The molecule has 0 spiro atoms. The van der Waals surface area contributed by atoms with Crippen LogP contribution in [0.15, 0.2) is 24.3 Å². The first kappa shape index (κ1) is 48.4. The van der Waals surface area contributed by atoms with Gasteiger partial charge < -0.3 is 62.3 Å². The summed E-state index contributed by atoms with van der Waals surface area (Å²) in [4.78, 5) is 0. The number of hydrogen-bond acceptors (Lipinski definition) is 15. The van der Waals surface area contributed by atoms with E-state index in [4.69, 9.17) is 62.3 Å². The fourth-order valence-electron chi connectivity index (χ4n) is 5.93. The zero-order valence-electron chi connectivity index (χ0n) is 33.7. The molecule has 15 nitrogen and oxygen atoms in total. The largest absolute Gasteiger partial charge is 0.475 e. The smallest absolute Gasteiger partial charge is 0.432 e. The highest BCUT2D eigenvalue weighted by Crippen LogP contribution is 2.43. The van der Waals surface area contributed by atoms with E-state index in [1.807, 2.05) is 32.7 Å². The van der Waals surface area contributed by atoms with E-state index in [9.17, 15) is 13.2 Å². The lowest BCUT2D eigenvalue weighted by molar-refractivity contribution is -0.137. The number of rotatable bonds is 6. The topological polar surface area (TPSA) is 138 Å². The Labute approximate surface area is 328 Å². The molecule has 0 saturated carbocycles. The molecule has 4 atom stereocenters. The Morgan fingerprint density at radius 1 is 0.660 bits per heavy atom. The molecule has 4 unspecified atom stereocenters. The van der Waals surface area contributed by atoms with Crippen molar-refractivity contribution in [2.45, 2.75) is 97.8 Å². The van der Waals surface area contributed by atoms with Crippen LogP contribution < -0.4 is 5.19 Å². The summed E-state index contributed by atoms with van der Waals surface area (Å²) >= 11 is 0. The Balaban J connectivity index is 0.000000272. The fraction of sp³-hybridized carbons (Fsp3) is 0.739. The maximum absolute atomic E-state index is 12.5. The van der Waals surface area contributed by atoms with E-state index in [-0.39, 0.29) is 0 Å². The van der Waals surface area contributed by atoms with Crippen molar-refractivity contribution in [2.75, 3.05) is 14.2 Å². The summed E-state index contributed by atoms with van der Waals surface area (Å²) in [5, 5.41) is 0.832. The molecular weight excluding hydrogens is 910 g/mol. The van der Waals surface area contributed by atoms with Gasteiger partial charge in [-0.25, -0.2) is 0 Å². The van der Waals surface area contributed by atoms with Gasteiger partial charge in [0.25, 0.3) is 0 Å². The van der Waals surface area contributed by atoms with E-state index >= 15 is 0 Å². The second-order valence-electron chi connectivity index (χ2n) is 14.5. The summed E-state index contributed by atoms with van der Waals surface area (Å²) < 4.78 is 130. The quantitative estimate of drug-likeness (QED) is 0.385. The van der Waals surface area contributed by atoms with Gasteiger partial charge in [0, 0.05) is 60.0 Å². The molecule has 4 saturated heterocycles. The van der Waals surface area contributed by atoms with Crippen molar-refractivity contribution < 1.29 is 75.5 Å². The first-order valence-electron chi connectivity index (χ1n) is 17.0. The molecule has 4 aliphatic heterocycles. The molecule has 308 valence electrons. The number of fused-ring (bicyclic) bond motifs is 4. The van der Waals surface area contributed by atoms with Crippen molar-refractivity contribution in [3.05, 3.63) is 29.8 Å². The van der Waals surface area contributed by atoms with Crippen molar-refractivity contribution in [2.24, 2.45) is 0 Å². The van der Waals surface area contributed by atoms with Gasteiger partial charge in [-0.2, -0.15) is 13.2 Å². The van der Waals surface area contributed by atoms with Crippen molar-refractivity contribution in [1.29, 1.82) is 0 Å². The van der Waals surface area contributed by atoms with Crippen LogP contribution in [0.2, 0.25) is 91.7 Å². The SMILES string of the molecule is CO[SiH](C)C.CO[Si](C)(C)O[Si](C)(C)c1ccc(C(F)(F)F)cc1.C[SiH]1O[Si]2(C)O[Si]3(C)O[Si](C)(O[SiH3])O[Si]4(C)O[Si](C)(O1)O[Si](C)(O2)O[Si](C)(O3)O4. The average molecular weight is 968 g/mol. The van der Waals surface area contributed by atoms with Crippen LogP contribution in [0, 0.1) is 0 Å². The monoisotopic (exact) mass is 966 g/mol. The maximum atomic E-state index is 12.5. The number of halogens is 3. The van der Waals surface area contributed by atoms with E-state index < -0.39 is 109 Å². The van der Waals surface area contributed by atoms with Crippen LogP contribution in [0.3, 0.4) is 0 Å². The Kier molecular flexibility index (Phi) is 15.5. The van der Waals surface area contributed by atoms with Crippen LogP contribution in [-0.4, -0.2) is 122 Å². The molecule has 0 amide bonds. The third-order valence-electron chi connectivity index (χ3n) is 7.84. The molecule has 0 aliphatic carbocycles. The number of alkyl halides is 3. The molecule has 30 heteroatoms. The second kappa shape index (κ2) is 16.9. The molecule has 0 radical (unpaired) electrons. The molecule has 4 aliphatic rings. The van der Waals surface area contributed by atoms with Crippen LogP contribution in [0.1, 0.15) is 5.56 Å². The van der Waals surface area contributed by atoms with Crippen LogP contribution in [0.25, 0.3) is 0 Å². The Morgan fingerprint density at radius 3 is 1.30 bits per heavy atom. The van der Waals surface area contributed by atoms with Crippen LogP contribution in [0.4, 0.5) is 13.2 Å². The molecular formula is C23H57F3O15Si12. The van der Waals surface area contributed by atoms with E-state index in [1.54, 1.807) is 60.0 Å². The first-order valence-corrected chi connectivity index (χ1v) is 43.9. The van der Waals surface area contributed by atoms with Gasteiger partial charge >= 0.3 is 85.7 Å². The van der Waals surface area contributed by atoms with Gasteiger partial charge in [0.05, 0.1) is 5.56 Å². The molecule has 6 bridgehead atoms. The molecule has 5 rings (SSSR count). The van der Waals surface area contributed by atoms with Crippen molar-refractivity contribution in [3.63, 3.8) is 0 Å². The van der Waals surface area contributed by atoms with Crippen LogP contribution in [-0.2, 0) is 68.5 Å². The molecule has 0 N–H and O–H groups in total. The van der Waals surface area contributed by atoms with E-state index in [1.165, 1.54) is 12.1 Å². The van der Waals surface area contributed by atoms with Gasteiger partial charge in [-0.05, 0) is 51.0 Å². The summed E-state index contributed by atoms with van der Waals surface area (Å²) in [5.41, 5.74) is -0.635. The van der Waals surface area contributed by atoms with E-state index in [0.717, 1.165) is 17.3 Å².